The molecule has 0 radical (unpaired) electrons. The number of hydrogen-bond acceptors (Lipinski definition) is 3. The Bertz CT molecular complexity index is 843. The van der Waals surface area contributed by atoms with Crippen molar-refractivity contribution in [3.63, 3.8) is 0 Å². The summed E-state index contributed by atoms with van der Waals surface area (Å²) < 4.78 is 8.89. The number of benzene rings is 1. The first kappa shape index (κ1) is 29.5. The van der Waals surface area contributed by atoms with Crippen LogP contribution < -0.4 is 5.62 Å². The Morgan fingerprint density at radius 3 is 1.70 bits per heavy atom. The van der Waals surface area contributed by atoms with Crippen LogP contribution in [0.3, 0.4) is 0 Å². The zero-order chi connectivity index (χ0) is 23.0. The molecule has 6 heteroatoms. The van der Waals surface area contributed by atoms with E-state index < -0.39 is 0 Å². The van der Waals surface area contributed by atoms with Crippen LogP contribution in [-0.4, -0.2) is 21.7 Å². The van der Waals surface area contributed by atoms with Crippen LogP contribution in [0.1, 0.15) is 104 Å². The van der Waals surface area contributed by atoms with Gasteiger partial charge in [0.25, 0.3) is 0 Å². The third-order valence-electron chi connectivity index (χ3n) is 6.30. The monoisotopic (exact) mass is 523 g/mol. The first-order valence-corrected chi connectivity index (χ1v) is 13.1. The molecule has 1 aromatic heterocycles. The number of carbonyl (C=O) groups excluding carboxylic acids is 1. The maximum Gasteiger partial charge on any atom is 0.326 e. The van der Waals surface area contributed by atoms with Crippen molar-refractivity contribution in [2.75, 3.05) is 6.61 Å². The van der Waals surface area contributed by atoms with Gasteiger partial charge in [-0.1, -0.05) is 103 Å². The van der Waals surface area contributed by atoms with Crippen LogP contribution in [-0.2, 0) is 22.6 Å². The van der Waals surface area contributed by atoms with Gasteiger partial charge in [0.15, 0.2) is 0 Å². The molecule has 5 nitrogen and oxygen atoms in total. The molecule has 0 saturated carbocycles. The van der Waals surface area contributed by atoms with Gasteiger partial charge in [-0.25, -0.2) is 0 Å². The molecule has 2 aromatic rings. The molecule has 0 bridgehead atoms. The number of imidazole rings is 1. The topological polar surface area (TPSA) is 60.0 Å². The second-order valence-electron chi connectivity index (χ2n) is 8.95. The van der Waals surface area contributed by atoms with Crippen molar-refractivity contribution >= 4 is 34.0 Å². The van der Waals surface area contributed by atoms with E-state index in [9.17, 15) is 4.79 Å². The molecule has 0 saturated heterocycles. The zero-order valence-corrected chi connectivity index (χ0v) is 22.7. The lowest BCUT2D eigenvalue weighted by molar-refractivity contribution is -0.143. The number of ether oxygens (including phenoxy) is 1. The highest BCUT2D eigenvalue weighted by Gasteiger charge is 2.13. The number of hydrogen-bond donors (Lipinski definition) is 1. The van der Waals surface area contributed by atoms with Crippen LogP contribution >= 0.6 is 17.0 Å². The average molecular weight is 525 g/mol. The van der Waals surface area contributed by atoms with E-state index in [1.54, 1.807) is 4.57 Å². The molecule has 0 aliphatic rings. The fraction of sp³-hybridized carbons (Fsp3) is 0.704. The van der Waals surface area contributed by atoms with Crippen molar-refractivity contribution in [1.82, 2.24) is 9.13 Å². The molecule has 1 heterocycles. The summed E-state index contributed by atoms with van der Waals surface area (Å²) in [5.41, 5.74) is 2.33. The van der Waals surface area contributed by atoms with Crippen molar-refractivity contribution in [2.45, 2.75) is 117 Å². The fourth-order valence-electron chi connectivity index (χ4n) is 4.48. The molecule has 0 unspecified atom stereocenters. The minimum atomic E-state index is -0.287. The number of rotatable bonds is 18. The van der Waals surface area contributed by atoms with E-state index in [1.807, 2.05) is 35.8 Å². The molecule has 188 valence electrons. The van der Waals surface area contributed by atoms with Gasteiger partial charge in [0, 0.05) is 6.54 Å². The summed E-state index contributed by atoms with van der Waals surface area (Å²) >= 11 is 0. The van der Waals surface area contributed by atoms with Crippen molar-refractivity contribution in [3.05, 3.63) is 29.9 Å². The molecular weight excluding hydrogens is 478 g/mol. The van der Waals surface area contributed by atoms with Crippen LogP contribution in [0.15, 0.2) is 24.3 Å². The van der Waals surface area contributed by atoms with Gasteiger partial charge in [-0.3, -0.25) is 14.8 Å². The van der Waals surface area contributed by atoms with Crippen LogP contribution in [0, 0.1) is 5.41 Å². The van der Waals surface area contributed by atoms with Crippen LogP contribution in [0.2, 0.25) is 0 Å². The third-order valence-corrected chi connectivity index (χ3v) is 6.30. The number of fused-ring (bicyclic) bond motifs is 1. The fourth-order valence-corrected chi connectivity index (χ4v) is 4.48. The molecule has 1 N–H and O–H groups in total. The van der Waals surface area contributed by atoms with Gasteiger partial charge in [0.05, 0.1) is 17.6 Å². The quantitative estimate of drug-likeness (QED) is 0.162. The van der Waals surface area contributed by atoms with E-state index in [1.165, 1.54) is 83.5 Å². The highest BCUT2D eigenvalue weighted by molar-refractivity contribution is 8.93. The Kier molecular flexibility index (Phi) is 15.9. The molecule has 2 rings (SSSR count). The summed E-state index contributed by atoms with van der Waals surface area (Å²) in [6.45, 7) is 5.37. The van der Waals surface area contributed by atoms with E-state index in [0.717, 1.165) is 24.0 Å². The second kappa shape index (κ2) is 17.9. The number of para-hydroxylation sites is 2. The predicted octanol–water partition coefficient (Wildman–Crippen LogP) is 7.54. The Labute approximate surface area is 211 Å². The molecule has 0 spiro atoms. The first-order valence-electron chi connectivity index (χ1n) is 13.1. The first-order chi connectivity index (χ1) is 15.7. The predicted molar refractivity (Wildman–Crippen MR) is 143 cm³/mol. The van der Waals surface area contributed by atoms with Gasteiger partial charge in [0.1, 0.15) is 6.54 Å². The summed E-state index contributed by atoms with van der Waals surface area (Å²) in [5, 5.41) is 8.59. The lowest BCUT2D eigenvalue weighted by atomic mass is 10.0. The molecule has 0 amide bonds. The largest absolute Gasteiger partial charge is 0.465 e. The maximum absolute atomic E-state index is 12.0. The number of aryl methyl sites for hydroxylation is 1. The summed E-state index contributed by atoms with van der Waals surface area (Å²) in [4.78, 5) is 12.0. The molecule has 0 aliphatic carbocycles. The Hall–Kier alpha value is -1.56. The van der Waals surface area contributed by atoms with Crippen LogP contribution in [0.25, 0.3) is 11.0 Å². The highest BCUT2D eigenvalue weighted by atomic mass is 79.9. The number of aromatic nitrogens is 2. The lowest BCUT2D eigenvalue weighted by Crippen LogP contribution is -2.28. The molecule has 0 fully saturated rings. The summed E-state index contributed by atoms with van der Waals surface area (Å²) in [6, 6.07) is 7.98. The number of nitrogens with zero attached hydrogens (tertiary/aromatic N) is 2. The molecular formula is C27H46BrN3O2. The van der Waals surface area contributed by atoms with Gasteiger partial charge in [-0.15, -0.1) is 17.0 Å². The van der Waals surface area contributed by atoms with Gasteiger partial charge < -0.3 is 9.30 Å². The zero-order valence-electron chi connectivity index (χ0n) is 20.9. The Morgan fingerprint density at radius 2 is 1.21 bits per heavy atom. The van der Waals surface area contributed by atoms with Crippen molar-refractivity contribution < 1.29 is 9.53 Å². The standard InChI is InChI=1S/C27H45N3O2.BrH/c1-3-5-6-7-8-9-10-11-12-13-14-15-16-19-22-29-24-20-17-18-21-25(24)30(27(29)28)23-26(31)32-4-2;/h17-18,20-21,28H,3-16,19,22-23H2,1-2H3;1H. The van der Waals surface area contributed by atoms with E-state index in [2.05, 4.69) is 6.92 Å². The van der Waals surface area contributed by atoms with E-state index in [4.69, 9.17) is 10.1 Å². The number of unbranched alkanes of at least 4 members (excludes halogenated alkanes) is 13. The second-order valence-corrected chi connectivity index (χ2v) is 8.95. The Morgan fingerprint density at radius 1 is 0.758 bits per heavy atom. The van der Waals surface area contributed by atoms with Gasteiger partial charge in [-0.05, 0) is 25.5 Å². The number of nitrogens with one attached hydrogen (secondary N) is 1. The SMILES string of the molecule is Br.CCCCCCCCCCCCCCCCn1c(=N)n(CC(=O)OCC)c2ccccc21. The average Bonchev–Trinajstić information content (AvgIpc) is 3.05. The van der Waals surface area contributed by atoms with Gasteiger partial charge in [0.2, 0.25) is 5.62 Å². The van der Waals surface area contributed by atoms with Crippen molar-refractivity contribution in [2.24, 2.45) is 0 Å². The number of halogens is 1. The number of carbonyl (C=O) groups is 1. The van der Waals surface area contributed by atoms with Gasteiger partial charge in [-0.2, -0.15) is 0 Å². The normalized spacial score (nSPS) is 11.0. The highest BCUT2D eigenvalue weighted by Crippen LogP contribution is 2.16. The lowest BCUT2D eigenvalue weighted by Gasteiger charge is -2.06. The Balaban J connectivity index is 0.00000544. The number of esters is 1. The summed E-state index contributed by atoms with van der Waals surface area (Å²) in [6.07, 6.45) is 18.8. The van der Waals surface area contributed by atoms with Gasteiger partial charge >= 0.3 is 5.97 Å². The minimum absolute atomic E-state index is 0. The summed E-state index contributed by atoms with van der Waals surface area (Å²) in [7, 11) is 0. The van der Waals surface area contributed by atoms with Crippen LogP contribution in [0.5, 0.6) is 0 Å². The maximum atomic E-state index is 12.0. The van der Waals surface area contributed by atoms with Crippen molar-refractivity contribution in [3.8, 4) is 0 Å². The minimum Gasteiger partial charge on any atom is -0.465 e. The summed E-state index contributed by atoms with van der Waals surface area (Å²) in [5.74, 6) is -0.287. The third kappa shape index (κ3) is 10.5. The molecule has 33 heavy (non-hydrogen) atoms. The smallest absolute Gasteiger partial charge is 0.326 e. The molecule has 0 aliphatic heterocycles. The van der Waals surface area contributed by atoms with E-state index >= 15 is 0 Å². The molecule has 0 atom stereocenters. The van der Waals surface area contributed by atoms with Crippen molar-refractivity contribution in [1.29, 1.82) is 5.41 Å². The van der Waals surface area contributed by atoms with E-state index in [0.29, 0.717) is 12.2 Å². The van der Waals surface area contributed by atoms with E-state index in [-0.39, 0.29) is 29.5 Å². The van der Waals surface area contributed by atoms with Crippen LogP contribution in [0.4, 0.5) is 0 Å². The molecule has 1 aromatic carbocycles.